The predicted molar refractivity (Wildman–Crippen MR) is 104 cm³/mol. The van der Waals surface area contributed by atoms with Gasteiger partial charge in [0.15, 0.2) is 0 Å². The number of nitrogens with one attached hydrogen (secondary N) is 1. The quantitative estimate of drug-likeness (QED) is 0.854. The van der Waals surface area contributed by atoms with Crippen molar-refractivity contribution in [3.63, 3.8) is 0 Å². The highest BCUT2D eigenvalue weighted by atomic mass is 35.5. The molecule has 1 aliphatic rings. The molecule has 2 aromatic carbocycles. The minimum atomic E-state index is -0.426. The molecule has 0 fully saturated rings. The lowest BCUT2D eigenvalue weighted by atomic mass is 10.0. The summed E-state index contributed by atoms with van der Waals surface area (Å²) in [5.41, 5.74) is 3.19. The number of anilines is 1. The average molecular weight is 390 g/mol. The van der Waals surface area contributed by atoms with Crippen LogP contribution >= 0.6 is 23.2 Å². The Morgan fingerprint density at radius 3 is 2.65 bits per heavy atom. The Bertz CT molecular complexity index is 925. The fourth-order valence-electron chi connectivity index (χ4n) is 2.80. The molecule has 0 bridgehead atoms. The summed E-state index contributed by atoms with van der Waals surface area (Å²) in [6.45, 7) is 4.26. The highest BCUT2D eigenvalue weighted by molar-refractivity contribution is 6.35. The van der Waals surface area contributed by atoms with Gasteiger partial charge in [-0.05, 0) is 42.3 Å². The molecule has 0 unspecified atom stereocenters. The Hall–Kier alpha value is -2.37. The van der Waals surface area contributed by atoms with Gasteiger partial charge in [-0.2, -0.15) is 0 Å². The molecule has 5 nitrogen and oxygen atoms in total. The molecule has 1 heterocycles. The van der Waals surface area contributed by atoms with Gasteiger partial charge in [0.05, 0.1) is 13.1 Å². The van der Waals surface area contributed by atoms with Crippen LogP contribution in [0, 0.1) is 0 Å². The van der Waals surface area contributed by atoms with Crippen LogP contribution in [0.2, 0.25) is 10.0 Å². The molecular formula is C19H17Cl2N3O2. The number of carbonyl (C=O) groups excluding carboxylic acids is 2. The number of nitrogens with zero attached hydrogens (tertiary/aromatic N) is 2. The van der Waals surface area contributed by atoms with Gasteiger partial charge in [-0.25, -0.2) is 0 Å². The van der Waals surface area contributed by atoms with E-state index >= 15 is 0 Å². The molecule has 26 heavy (non-hydrogen) atoms. The smallest absolute Gasteiger partial charge is 0.257 e. The SMILES string of the molecule is CC(=O)NC(=O)c1ccc2c(c1)N(Cc1ccc(Cl)cc1Cl)C(C)=NC2. The Morgan fingerprint density at radius 2 is 1.96 bits per heavy atom. The van der Waals surface area contributed by atoms with E-state index in [-0.39, 0.29) is 0 Å². The number of imide groups is 1. The van der Waals surface area contributed by atoms with Gasteiger partial charge in [0.1, 0.15) is 5.84 Å². The van der Waals surface area contributed by atoms with E-state index in [0.717, 1.165) is 22.6 Å². The van der Waals surface area contributed by atoms with Gasteiger partial charge in [-0.3, -0.25) is 19.9 Å². The molecule has 0 atom stereocenters. The second-order valence-electron chi connectivity index (χ2n) is 6.04. The van der Waals surface area contributed by atoms with Crippen molar-refractivity contribution in [1.82, 2.24) is 5.32 Å². The van der Waals surface area contributed by atoms with Crippen molar-refractivity contribution in [3.05, 3.63) is 63.1 Å². The first kappa shape index (κ1) is 18.4. The lowest BCUT2D eigenvalue weighted by Crippen LogP contribution is -2.33. The third kappa shape index (κ3) is 3.89. The summed E-state index contributed by atoms with van der Waals surface area (Å²) in [4.78, 5) is 29.9. The maximum atomic E-state index is 12.2. The molecule has 7 heteroatoms. The standard InChI is InChI=1S/C19H17Cl2N3O2/c1-11-22-9-14-4-3-13(19(26)23-12(2)25)7-18(14)24(11)10-15-5-6-16(20)8-17(15)21/h3-8H,9-10H2,1-2H3,(H,23,25,26). The molecule has 0 spiro atoms. The summed E-state index contributed by atoms with van der Waals surface area (Å²) in [6, 6.07) is 10.7. The fourth-order valence-corrected chi connectivity index (χ4v) is 3.27. The fraction of sp³-hybridized carbons (Fsp3) is 0.211. The van der Waals surface area contributed by atoms with Crippen LogP contribution in [0.3, 0.4) is 0 Å². The van der Waals surface area contributed by atoms with Crippen LogP contribution in [0.1, 0.15) is 35.3 Å². The Kier molecular flexibility index (Phi) is 5.30. The molecule has 0 aromatic heterocycles. The first-order valence-corrected chi connectivity index (χ1v) is 8.78. The lowest BCUT2D eigenvalue weighted by molar-refractivity contribution is -0.118. The summed E-state index contributed by atoms with van der Waals surface area (Å²) in [5.74, 6) is 0.00727. The van der Waals surface area contributed by atoms with E-state index in [1.165, 1.54) is 6.92 Å². The van der Waals surface area contributed by atoms with Crippen molar-refractivity contribution in [2.24, 2.45) is 4.99 Å². The highest BCUT2D eigenvalue weighted by Gasteiger charge is 2.21. The Morgan fingerprint density at radius 1 is 1.19 bits per heavy atom. The zero-order valence-electron chi connectivity index (χ0n) is 14.3. The number of benzene rings is 2. The van der Waals surface area contributed by atoms with Gasteiger partial charge in [0.25, 0.3) is 5.91 Å². The van der Waals surface area contributed by atoms with Gasteiger partial charge in [-0.1, -0.05) is 35.3 Å². The van der Waals surface area contributed by atoms with Crippen LogP contribution in [0.15, 0.2) is 41.4 Å². The summed E-state index contributed by atoms with van der Waals surface area (Å²) in [6.07, 6.45) is 0. The van der Waals surface area contributed by atoms with E-state index in [4.69, 9.17) is 23.2 Å². The second-order valence-corrected chi connectivity index (χ2v) is 6.88. The Balaban J connectivity index is 1.96. The maximum absolute atomic E-state index is 12.2. The zero-order chi connectivity index (χ0) is 18.8. The summed E-state index contributed by atoms with van der Waals surface area (Å²) in [7, 11) is 0. The number of amides is 2. The molecule has 134 valence electrons. The summed E-state index contributed by atoms with van der Waals surface area (Å²) < 4.78 is 0. The number of carbonyl (C=O) groups is 2. The van der Waals surface area contributed by atoms with Crippen molar-refractivity contribution in [2.75, 3.05) is 4.90 Å². The second kappa shape index (κ2) is 7.48. The maximum Gasteiger partial charge on any atom is 0.257 e. The number of aliphatic imine (C=N–C) groups is 1. The molecule has 0 aliphatic carbocycles. The van der Waals surface area contributed by atoms with Gasteiger partial charge >= 0.3 is 0 Å². The number of hydrogen-bond acceptors (Lipinski definition) is 4. The van der Waals surface area contributed by atoms with Crippen molar-refractivity contribution >= 4 is 46.5 Å². The molecule has 2 aromatic rings. The number of fused-ring (bicyclic) bond motifs is 1. The number of rotatable bonds is 3. The molecule has 1 N–H and O–H groups in total. The molecule has 0 saturated carbocycles. The van der Waals surface area contributed by atoms with E-state index in [2.05, 4.69) is 10.3 Å². The third-order valence-electron chi connectivity index (χ3n) is 4.14. The van der Waals surface area contributed by atoms with E-state index in [0.29, 0.717) is 28.7 Å². The highest BCUT2D eigenvalue weighted by Crippen LogP contribution is 2.31. The van der Waals surface area contributed by atoms with Crippen LogP contribution in [-0.4, -0.2) is 17.6 Å². The minimum Gasteiger partial charge on any atom is -0.326 e. The monoisotopic (exact) mass is 389 g/mol. The van der Waals surface area contributed by atoms with Crippen molar-refractivity contribution < 1.29 is 9.59 Å². The third-order valence-corrected chi connectivity index (χ3v) is 4.73. The predicted octanol–water partition coefficient (Wildman–Crippen LogP) is 4.21. The zero-order valence-corrected chi connectivity index (χ0v) is 15.9. The number of halogens is 2. The molecular weight excluding hydrogens is 373 g/mol. The Labute approximate surface area is 161 Å². The minimum absolute atomic E-state index is 0.393. The van der Waals surface area contributed by atoms with Crippen molar-refractivity contribution in [1.29, 1.82) is 0 Å². The number of amidine groups is 1. The van der Waals surface area contributed by atoms with Gasteiger partial charge in [-0.15, -0.1) is 0 Å². The summed E-state index contributed by atoms with van der Waals surface area (Å²) >= 11 is 12.3. The molecule has 0 saturated heterocycles. The molecule has 3 rings (SSSR count). The van der Waals surface area contributed by atoms with Gasteiger partial charge < -0.3 is 4.90 Å². The molecule has 2 amide bonds. The van der Waals surface area contributed by atoms with Crippen LogP contribution in [0.5, 0.6) is 0 Å². The first-order chi connectivity index (χ1) is 12.3. The molecule has 1 aliphatic heterocycles. The van der Waals surface area contributed by atoms with Crippen molar-refractivity contribution in [2.45, 2.75) is 26.9 Å². The van der Waals surface area contributed by atoms with Crippen LogP contribution in [-0.2, 0) is 17.9 Å². The van der Waals surface area contributed by atoms with Crippen LogP contribution in [0.4, 0.5) is 5.69 Å². The van der Waals surface area contributed by atoms with E-state index in [1.807, 2.05) is 24.0 Å². The van der Waals surface area contributed by atoms with Crippen LogP contribution in [0.25, 0.3) is 0 Å². The average Bonchev–Trinajstić information content (AvgIpc) is 2.58. The number of hydrogen-bond donors (Lipinski definition) is 1. The van der Waals surface area contributed by atoms with Gasteiger partial charge in [0.2, 0.25) is 5.91 Å². The van der Waals surface area contributed by atoms with Crippen LogP contribution < -0.4 is 10.2 Å². The van der Waals surface area contributed by atoms with E-state index in [1.54, 1.807) is 24.3 Å². The summed E-state index contributed by atoms with van der Waals surface area (Å²) in [5, 5.41) is 3.44. The van der Waals surface area contributed by atoms with Crippen molar-refractivity contribution in [3.8, 4) is 0 Å². The normalized spacial score (nSPS) is 13.1. The van der Waals surface area contributed by atoms with E-state index < -0.39 is 11.8 Å². The topological polar surface area (TPSA) is 61.8 Å². The first-order valence-electron chi connectivity index (χ1n) is 8.02. The largest absolute Gasteiger partial charge is 0.326 e. The van der Waals surface area contributed by atoms with E-state index in [9.17, 15) is 9.59 Å². The lowest BCUT2D eigenvalue weighted by Gasteiger charge is -2.30. The molecule has 0 radical (unpaired) electrons. The van der Waals surface area contributed by atoms with Gasteiger partial charge in [0, 0.05) is 28.2 Å².